The molecular weight excluding hydrogens is 386 g/mol. The maximum Gasteiger partial charge on any atom is 0.321 e. The molecule has 8 heteroatoms. The van der Waals surface area contributed by atoms with Gasteiger partial charge in [0.05, 0.1) is 12.0 Å². The summed E-state index contributed by atoms with van der Waals surface area (Å²) < 4.78 is 5.24. The molecule has 1 saturated carbocycles. The number of ether oxygens (including phenoxy) is 1. The van der Waals surface area contributed by atoms with Crippen LogP contribution in [0.2, 0.25) is 0 Å². The summed E-state index contributed by atoms with van der Waals surface area (Å²) in [4.78, 5) is 50.7. The molecule has 0 spiro atoms. The molecule has 1 aromatic carbocycles. The molecule has 0 unspecified atom stereocenters. The van der Waals surface area contributed by atoms with Crippen molar-refractivity contribution in [3.8, 4) is 0 Å². The summed E-state index contributed by atoms with van der Waals surface area (Å²) in [6.07, 6.45) is 2.86. The molecule has 0 aromatic heterocycles. The van der Waals surface area contributed by atoms with E-state index < -0.39 is 29.9 Å². The Balaban J connectivity index is 1.48. The van der Waals surface area contributed by atoms with E-state index in [0.29, 0.717) is 0 Å². The van der Waals surface area contributed by atoms with Gasteiger partial charge >= 0.3 is 12.0 Å². The van der Waals surface area contributed by atoms with Crippen LogP contribution in [0.4, 0.5) is 4.79 Å². The van der Waals surface area contributed by atoms with Crippen LogP contribution in [-0.4, -0.2) is 47.4 Å². The van der Waals surface area contributed by atoms with Crippen molar-refractivity contribution < 1.29 is 23.9 Å². The number of esters is 1. The normalized spacial score (nSPS) is 21.2. The van der Waals surface area contributed by atoms with Gasteiger partial charge in [-0.2, -0.15) is 0 Å². The second-order valence-corrected chi connectivity index (χ2v) is 8.06. The molecule has 2 N–H and O–H groups in total. The molecule has 30 heavy (non-hydrogen) atoms. The van der Waals surface area contributed by atoms with Crippen LogP contribution in [-0.2, 0) is 19.1 Å². The third-order valence-corrected chi connectivity index (χ3v) is 5.83. The molecule has 4 amide bonds. The Morgan fingerprint density at radius 1 is 1.10 bits per heavy atom. The van der Waals surface area contributed by atoms with E-state index in [4.69, 9.17) is 4.74 Å². The summed E-state index contributed by atoms with van der Waals surface area (Å²) >= 11 is 0. The highest BCUT2D eigenvalue weighted by atomic mass is 16.5. The lowest BCUT2D eigenvalue weighted by Gasteiger charge is -2.25. The zero-order valence-electron chi connectivity index (χ0n) is 17.4. The van der Waals surface area contributed by atoms with Crippen molar-refractivity contribution in [3.63, 3.8) is 0 Å². The first kappa shape index (κ1) is 21.8. The minimum Gasteiger partial charge on any atom is -0.452 e. The first-order valence-electron chi connectivity index (χ1n) is 10.5. The molecule has 8 nitrogen and oxygen atoms in total. The van der Waals surface area contributed by atoms with Crippen molar-refractivity contribution >= 4 is 23.8 Å². The van der Waals surface area contributed by atoms with E-state index in [1.54, 1.807) is 4.90 Å². The Bertz CT molecular complexity index is 791. The zero-order valence-corrected chi connectivity index (χ0v) is 17.4. The van der Waals surface area contributed by atoms with Crippen molar-refractivity contribution in [3.05, 3.63) is 35.9 Å². The summed E-state index contributed by atoms with van der Waals surface area (Å²) in [7, 11) is 0. The number of carbonyl (C=O) groups is 4. The molecule has 1 aliphatic carbocycles. The molecule has 162 valence electrons. The van der Waals surface area contributed by atoms with Gasteiger partial charge < -0.3 is 15.0 Å². The van der Waals surface area contributed by atoms with Gasteiger partial charge in [0.15, 0.2) is 6.10 Å². The lowest BCUT2D eigenvalue weighted by Crippen LogP contribution is -2.47. The van der Waals surface area contributed by atoms with E-state index in [1.807, 2.05) is 37.3 Å². The summed E-state index contributed by atoms with van der Waals surface area (Å²) in [5.74, 6) is -2.05. The van der Waals surface area contributed by atoms with Crippen molar-refractivity contribution in [2.75, 3.05) is 6.54 Å². The number of rotatable bonds is 6. The molecule has 3 rings (SSSR count). The van der Waals surface area contributed by atoms with Crippen LogP contribution >= 0.6 is 0 Å². The largest absolute Gasteiger partial charge is 0.452 e. The summed E-state index contributed by atoms with van der Waals surface area (Å²) in [6.45, 7) is 3.57. The average Bonchev–Trinajstić information content (AvgIpc) is 3.37. The summed E-state index contributed by atoms with van der Waals surface area (Å²) in [6, 6.07) is 8.94. The van der Waals surface area contributed by atoms with Gasteiger partial charge in [-0.25, -0.2) is 4.79 Å². The van der Waals surface area contributed by atoms with Gasteiger partial charge in [0.1, 0.15) is 0 Å². The van der Waals surface area contributed by atoms with Gasteiger partial charge in [0.25, 0.3) is 5.91 Å². The van der Waals surface area contributed by atoms with Gasteiger partial charge in [-0.15, -0.1) is 0 Å². The Hall–Kier alpha value is -2.90. The fourth-order valence-electron chi connectivity index (χ4n) is 4.00. The fourth-order valence-corrected chi connectivity index (χ4v) is 4.00. The molecule has 0 bridgehead atoms. The molecule has 2 aliphatic rings. The van der Waals surface area contributed by atoms with E-state index in [1.165, 1.54) is 6.92 Å². The van der Waals surface area contributed by atoms with Crippen molar-refractivity contribution in [2.24, 2.45) is 5.92 Å². The maximum absolute atomic E-state index is 12.5. The second kappa shape index (κ2) is 9.73. The first-order chi connectivity index (χ1) is 14.3. The summed E-state index contributed by atoms with van der Waals surface area (Å²) in [5, 5.41) is 4.97. The third-order valence-electron chi connectivity index (χ3n) is 5.83. The van der Waals surface area contributed by atoms with Crippen molar-refractivity contribution in [2.45, 2.75) is 64.1 Å². The Labute approximate surface area is 176 Å². The fraction of sp³-hybridized carbons (Fsp3) is 0.545. The molecule has 2 fully saturated rings. The molecule has 0 radical (unpaired) electrons. The van der Waals surface area contributed by atoms with Gasteiger partial charge in [0.2, 0.25) is 5.91 Å². The van der Waals surface area contributed by atoms with Crippen LogP contribution in [0.5, 0.6) is 0 Å². The van der Waals surface area contributed by atoms with Crippen molar-refractivity contribution in [1.29, 1.82) is 0 Å². The van der Waals surface area contributed by atoms with Gasteiger partial charge in [-0.05, 0) is 32.3 Å². The first-order valence-corrected chi connectivity index (χ1v) is 10.5. The van der Waals surface area contributed by atoms with Crippen LogP contribution in [0.15, 0.2) is 30.3 Å². The Morgan fingerprint density at radius 2 is 1.77 bits per heavy atom. The van der Waals surface area contributed by atoms with Gasteiger partial charge in [0, 0.05) is 19.0 Å². The minimum atomic E-state index is -1.12. The average molecular weight is 415 g/mol. The molecule has 1 aliphatic heterocycles. The molecular formula is C22H29N3O5. The number of nitrogens with zero attached hydrogens (tertiary/aromatic N) is 1. The summed E-state index contributed by atoms with van der Waals surface area (Å²) in [5.41, 5.74) is 0.987. The number of hydrogen-bond donors (Lipinski definition) is 2. The SMILES string of the molecule is C[C@H](OC(=O)[C@H]1CC(=O)N([C@H](C)c2ccccc2)C1)C(=O)NC(=O)NC1CCCC1. The number of hydrogen-bond acceptors (Lipinski definition) is 5. The highest BCUT2D eigenvalue weighted by molar-refractivity contribution is 5.97. The molecule has 1 aromatic rings. The van der Waals surface area contributed by atoms with Crippen LogP contribution < -0.4 is 10.6 Å². The molecule has 1 heterocycles. The number of nitrogens with one attached hydrogen (secondary N) is 2. The lowest BCUT2D eigenvalue weighted by molar-refractivity contribution is -0.158. The standard InChI is InChI=1S/C22H29N3O5/c1-14(16-8-4-3-5-9-16)25-13-17(12-19(25)26)21(28)30-15(2)20(27)24-22(29)23-18-10-6-7-11-18/h3-5,8-9,14-15,17-18H,6-7,10-13H2,1-2H3,(H2,23,24,27,29)/t14-,15+,17+/m1/s1. The highest BCUT2D eigenvalue weighted by Gasteiger charge is 2.39. The second-order valence-electron chi connectivity index (χ2n) is 8.06. The number of carbonyl (C=O) groups excluding carboxylic acids is 4. The van der Waals surface area contributed by atoms with Gasteiger partial charge in [-0.1, -0.05) is 43.2 Å². The molecule has 3 atom stereocenters. The van der Waals surface area contributed by atoms with Crippen LogP contribution in [0.1, 0.15) is 57.6 Å². The predicted molar refractivity (Wildman–Crippen MR) is 109 cm³/mol. The minimum absolute atomic E-state index is 0.0481. The number of likely N-dealkylation sites (tertiary alicyclic amines) is 1. The monoisotopic (exact) mass is 415 g/mol. The third kappa shape index (κ3) is 5.37. The Morgan fingerprint density at radius 3 is 2.43 bits per heavy atom. The predicted octanol–water partition coefficient (Wildman–Crippen LogP) is 2.30. The van der Waals surface area contributed by atoms with Crippen LogP contribution in [0, 0.1) is 5.92 Å². The highest BCUT2D eigenvalue weighted by Crippen LogP contribution is 2.29. The smallest absolute Gasteiger partial charge is 0.321 e. The quantitative estimate of drug-likeness (QED) is 0.694. The topological polar surface area (TPSA) is 105 Å². The zero-order chi connectivity index (χ0) is 21.7. The van der Waals surface area contributed by atoms with E-state index in [2.05, 4.69) is 10.6 Å². The number of urea groups is 1. The number of amides is 4. The Kier molecular flexibility index (Phi) is 7.07. The van der Waals surface area contributed by atoms with Crippen molar-refractivity contribution in [1.82, 2.24) is 15.5 Å². The maximum atomic E-state index is 12.5. The van der Waals surface area contributed by atoms with E-state index in [9.17, 15) is 19.2 Å². The number of imide groups is 1. The van der Waals surface area contributed by atoms with E-state index >= 15 is 0 Å². The van der Waals surface area contributed by atoms with E-state index in [0.717, 1.165) is 31.2 Å². The van der Waals surface area contributed by atoms with E-state index in [-0.39, 0.29) is 31.0 Å². The number of benzene rings is 1. The molecule has 1 saturated heterocycles. The van der Waals surface area contributed by atoms with Crippen LogP contribution in [0.3, 0.4) is 0 Å². The van der Waals surface area contributed by atoms with Gasteiger partial charge in [-0.3, -0.25) is 19.7 Å². The lowest BCUT2D eigenvalue weighted by atomic mass is 10.1. The van der Waals surface area contributed by atoms with Crippen LogP contribution in [0.25, 0.3) is 0 Å².